The van der Waals surface area contributed by atoms with Crippen LogP contribution in [0.3, 0.4) is 0 Å². The Labute approximate surface area is 130 Å². The van der Waals surface area contributed by atoms with E-state index in [0.717, 1.165) is 12.1 Å². The molecule has 1 N–H and O–H groups in total. The second-order valence-corrected chi connectivity index (χ2v) is 7.07. The van der Waals surface area contributed by atoms with Crippen LogP contribution in [0.15, 0.2) is 29.3 Å². The molecule has 0 unspecified atom stereocenters. The summed E-state index contributed by atoms with van der Waals surface area (Å²) in [7, 11) is 1.42. The molecule has 1 aliphatic heterocycles. The van der Waals surface area contributed by atoms with Crippen LogP contribution >= 0.6 is 11.8 Å². The number of carbonyl (C=O) groups is 1. The molecule has 0 radical (unpaired) electrons. The molecule has 0 aliphatic carbocycles. The predicted molar refractivity (Wildman–Crippen MR) is 82.4 cm³/mol. The van der Waals surface area contributed by atoms with E-state index in [-0.39, 0.29) is 10.4 Å². The van der Waals surface area contributed by atoms with E-state index in [4.69, 9.17) is 0 Å². The highest BCUT2D eigenvalue weighted by Gasteiger charge is 2.35. The smallest absolute Gasteiger partial charge is 0.340 e. The van der Waals surface area contributed by atoms with Gasteiger partial charge in [0, 0.05) is 11.8 Å². The van der Waals surface area contributed by atoms with Crippen LogP contribution in [-0.4, -0.2) is 29.5 Å². The molecule has 1 aromatic carbocycles. The maximum Gasteiger partial charge on any atom is 0.416 e. The van der Waals surface area contributed by atoms with Crippen LogP contribution < -0.4 is 10.2 Å². The number of benzene rings is 1. The lowest BCUT2D eigenvalue weighted by molar-refractivity contribution is -0.137. The first kappa shape index (κ1) is 16.7. The number of halogens is 3. The number of thioether (sulfide) groups is 1. The van der Waals surface area contributed by atoms with Crippen molar-refractivity contribution < 1.29 is 18.0 Å². The Morgan fingerprint density at radius 2 is 2.09 bits per heavy atom. The molecule has 120 valence electrons. The van der Waals surface area contributed by atoms with Gasteiger partial charge in [-0.3, -0.25) is 4.99 Å². The topological polar surface area (TPSA) is 44.7 Å². The molecule has 22 heavy (non-hydrogen) atoms. The fourth-order valence-electron chi connectivity index (χ4n) is 1.93. The molecule has 4 nitrogen and oxygen atoms in total. The Hall–Kier alpha value is -1.70. The molecule has 0 fully saturated rings. The van der Waals surface area contributed by atoms with Crippen molar-refractivity contribution in [2.75, 3.05) is 18.5 Å². The van der Waals surface area contributed by atoms with Crippen molar-refractivity contribution in [2.24, 2.45) is 4.99 Å². The van der Waals surface area contributed by atoms with Crippen LogP contribution in [0.2, 0.25) is 0 Å². The number of urea groups is 1. The first-order valence-corrected chi connectivity index (χ1v) is 7.38. The van der Waals surface area contributed by atoms with Crippen LogP contribution in [-0.2, 0) is 6.18 Å². The summed E-state index contributed by atoms with van der Waals surface area (Å²) in [4.78, 5) is 17.6. The molecular weight excluding hydrogens is 315 g/mol. The number of amides is 2. The highest BCUT2D eigenvalue weighted by atomic mass is 32.2. The fourth-order valence-corrected chi connectivity index (χ4v) is 2.97. The van der Waals surface area contributed by atoms with E-state index in [1.807, 2.05) is 13.8 Å². The molecular formula is C14H16F3N3OS. The fraction of sp³-hybridized carbons (Fsp3) is 0.429. The van der Waals surface area contributed by atoms with Crippen molar-refractivity contribution in [2.45, 2.75) is 24.8 Å². The Balaban J connectivity index is 2.41. The van der Waals surface area contributed by atoms with Gasteiger partial charge in [0.15, 0.2) is 5.17 Å². The third kappa shape index (κ3) is 3.55. The number of rotatable bonds is 1. The third-order valence-electron chi connectivity index (χ3n) is 3.00. The van der Waals surface area contributed by atoms with E-state index in [1.54, 1.807) is 0 Å². The minimum Gasteiger partial charge on any atom is -0.340 e. The van der Waals surface area contributed by atoms with Gasteiger partial charge in [0.05, 0.1) is 17.8 Å². The van der Waals surface area contributed by atoms with Gasteiger partial charge in [-0.2, -0.15) is 13.2 Å². The highest BCUT2D eigenvalue weighted by Crippen LogP contribution is 2.37. The van der Waals surface area contributed by atoms with Gasteiger partial charge in [0.25, 0.3) is 0 Å². The van der Waals surface area contributed by atoms with Gasteiger partial charge in [0.2, 0.25) is 0 Å². The molecule has 0 spiro atoms. The highest BCUT2D eigenvalue weighted by molar-refractivity contribution is 8.15. The Morgan fingerprint density at radius 3 is 2.59 bits per heavy atom. The number of nitrogens with zero attached hydrogens (tertiary/aromatic N) is 2. The lowest BCUT2D eigenvalue weighted by atomic mass is 10.2. The number of nitrogens with one attached hydrogen (secondary N) is 1. The monoisotopic (exact) mass is 331 g/mol. The van der Waals surface area contributed by atoms with Crippen LogP contribution in [0, 0.1) is 0 Å². The summed E-state index contributed by atoms with van der Waals surface area (Å²) in [5, 5.41) is 2.83. The largest absolute Gasteiger partial charge is 0.416 e. The lowest BCUT2D eigenvalue weighted by Gasteiger charge is -2.24. The van der Waals surface area contributed by atoms with E-state index in [0.29, 0.717) is 11.7 Å². The molecule has 2 amide bonds. The number of hydrogen-bond acceptors (Lipinski definition) is 3. The van der Waals surface area contributed by atoms with Gasteiger partial charge in [0.1, 0.15) is 0 Å². The molecule has 1 aliphatic rings. The minimum atomic E-state index is -4.46. The minimum absolute atomic E-state index is 0.137. The number of carbonyl (C=O) groups excluding carboxylic acids is 1. The summed E-state index contributed by atoms with van der Waals surface area (Å²) in [5.74, 6) is 0. The Kier molecular flexibility index (Phi) is 4.42. The standard InChI is InChI=1S/C14H16F3N3OS/c1-13(2)8-19-12(22-13)20(11(21)18-3)10-6-4-5-9(7-10)14(15,16)17/h4-7H,8H2,1-3H3,(H,18,21). The zero-order valence-corrected chi connectivity index (χ0v) is 13.2. The van der Waals surface area contributed by atoms with Crippen LogP contribution in [0.1, 0.15) is 19.4 Å². The van der Waals surface area contributed by atoms with Gasteiger partial charge in [-0.15, -0.1) is 0 Å². The van der Waals surface area contributed by atoms with Gasteiger partial charge >= 0.3 is 12.2 Å². The van der Waals surface area contributed by atoms with Gasteiger partial charge in [-0.1, -0.05) is 17.8 Å². The average molecular weight is 331 g/mol. The quantitative estimate of drug-likeness (QED) is 0.852. The van der Waals surface area contributed by atoms with E-state index in [1.165, 1.54) is 35.8 Å². The second-order valence-electron chi connectivity index (χ2n) is 5.40. The van der Waals surface area contributed by atoms with Crippen molar-refractivity contribution in [3.63, 3.8) is 0 Å². The van der Waals surface area contributed by atoms with Gasteiger partial charge < -0.3 is 5.32 Å². The maximum atomic E-state index is 12.9. The number of amidine groups is 1. The summed E-state index contributed by atoms with van der Waals surface area (Å²) in [6, 6.07) is 4.13. The predicted octanol–water partition coefficient (Wildman–Crippen LogP) is 3.73. The van der Waals surface area contributed by atoms with E-state index in [9.17, 15) is 18.0 Å². The molecule has 0 atom stereocenters. The van der Waals surface area contributed by atoms with Crippen LogP contribution in [0.25, 0.3) is 0 Å². The van der Waals surface area contributed by atoms with Crippen molar-refractivity contribution in [1.82, 2.24) is 5.32 Å². The number of anilines is 1. The summed E-state index contributed by atoms with van der Waals surface area (Å²) >= 11 is 1.36. The van der Waals surface area contributed by atoms with Crippen molar-refractivity contribution in [3.8, 4) is 0 Å². The van der Waals surface area contributed by atoms with Crippen molar-refractivity contribution in [3.05, 3.63) is 29.8 Å². The van der Waals surface area contributed by atoms with E-state index in [2.05, 4.69) is 10.3 Å². The summed E-state index contributed by atoms with van der Waals surface area (Å²) in [5.41, 5.74) is -0.667. The molecule has 8 heteroatoms. The SMILES string of the molecule is CNC(=O)N(C1=NCC(C)(C)S1)c1cccc(C(F)(F)F)c1. The zero-order chi connectivity index (χ0) is 16.5. The molecule has 0 bridgehead atoms. The number of alkyl halides is 3. The normalized spacial score (nSPS) is 17.1. The summed E-state index contributed by atoms with van der Waals surface area (Å²) < 4.78 is 38.4. The summed E-state index contributed by atoms with van der Waals surface area (Å²) in [6.45, 7) is 4.42. The molecule has 1 heterocycles. The first-order valence-electron chi connectivity index (χ1n) is 6.56. The number of aliphatic imine (C=N–C) groups is 1. The van der Waals surface area contributed by atoms with Crippen molar-refractivity contribution in [1.29, 1.82) is 0 Å². The molecule has 0 aromatic heterocycles. The first-order chi connectivity index (χ1) is 10.1. The summed E-state index contributed by atoms with van der Waals surface area (Å²) in [6.07, 6.45) is -4.46. The Bertz CT molecular complexity index is 614. The maximum absolute atomic E-state index is 12.9. The Morgan fingerprint density at radius 1 is 1.41 bits per heavy atom. The van der Waals surface area contributed by atoms with E-state index < -0.39 is 17.8 Å². The number of hydrogen-bond donors (Lipinski definition) is 1. The molecule has 0 saturated heterocycles. The molecule has 2 rings (SSSR count). The average Bonchev–Trinajstić information content (AvgIpc) is 2.78. The van der Waals surface area contributed by atoms with Gasteiger partial charge in [-0.25, -0.2) is 9.69 Å². The second kappa shape index (κ2) is 5.83. The third-order valence-corrected chi connectivity index (χ3v) is 4.18. The lowest BCUT2D eigenvalue weighted by Crippen LogP contribution is -2.41. The molecule has 1 aromatic rings. The van der Waals surface area contributed by atoms with Gasteiger partial charge in [-0.05, 0) is 32.0 Å². The molecule has 0 saturated carbocycles. The zero-order valence-electron chi connectivity index (χ0n) is 12.4. The van der Waals surface area contributed by atoms with Crippen LogP contribution in [0.5, 0.6) is 0 Å². The van der Waals surface area contributed by atoms with Crippen molar-refractivity contribution >= 4 is 28.6 Å². The van der Waals surface area contributed by atoms with Crippen LogP contribution in [0.4, 0.5) is 23.7 Å². The van der Waals surface area contributed by atoms with E-state index >= 15 is 0 Å².